The molecule has 1 aromatic carbocycles. The average Bonchev–Trinajstić information content (AvgIpc) is 2.80. The van der Waals surface area contributed by atoms with Crippen LogP contribution in [0.2, 0.25) is 0 Å². The number of esters is 1. The number of anilines is 1. The van der Waals surface area contributed by atoms with Gasteiger partial charge in [0.25, 0.3) is 0 Å². The second kappa shape index (κ2) is 4.19. The molecule has 3 rings (SSSR count). The van der Waals surface area contributed by atoms with Gasteiger partial charge in [0.2, 0.25) is 0 Å². The van der Waals surface area contributed by atoms with Gasteiger partial charge in [0, 0.05) is 12.4 Å². The maximum absolute atomic E-state index is 11.8. The van der Waals surface area contributed by atoms with Crippen molar-refractivity contribution in [1.29, 1.82) is 0 Å². The van der Waals surface area contributed by atoms with Gasteiger partial charge in [0.15, 0.2) is 0 Å². The van der Waals surface area contributed by atoms with E-state index in [9.17, 15) is 4.79 Å². The van der Waals surface area contributed by atoms with Crippen molar-refractivity contribution in [3.63, 3.8) is 0 Å². The van der Waals surface area contributed by atoms with E-state index in [2.05, 4.69) is 10.1 Å². The van der Waals surface area contributed by atoms with E-state index in [-0.39, 0.29) is 5.97 Å². The van der Waals surface area contributed by atoms with Crippen LogP contribution in [0, 0.1) is 6.92 Å². The number of rotatable bonds is 1. The molecule has 0 fully saturated rings. The molecule has 0 saturated heterocycles. The molecule has 2 aromatic heterocycles. The number of benzene rings is 1. The number of nitrogens with zero attached hydrogens (tertiary/aromatic N) is 3. The molecule has 6 nitrogen and oxygen atoms in total. The number of hydrogen-bond acceptors (Lipinski definition) is 5. The molecule has 0 radical (unpaired) electrons. The van der Waals surface area contributed by atoms with E-state index in [4.69, 9.17) is 10.5 Å². The van der Waals surface area contributed by atoms with Crippen LogP contribution in [-0.4, -0.2) is 27.8 Å². The Morgan fingerprint density at radius 3 is 2.80 bits per heavy atom. The zero-order valence-corrected chi connectivity index (χ0v) is 11.5. The molecule has 0 spiro atoms. The van der Waals surface area contributed by atoms with E-state index in [0.29, 0.717) is 11.4 Å². The van der Waals surface area contributed by atoms with Gasteiger partial charge in [0.05, 0.1) is 35.3 Å². The third-order valence-corrected chi connectivity index (χ3v) is 3.46. The highest BCUT2D eigenvalue weighted by atomic mass is 16.5. The third-order valence-electron chi connectivity index (χ3n) is 3.46. The van der Waals surface area contributed by atoms with Gasteiger partial charge in [-0.15, -0.1) is 0 Å². The van der Waals surface area contributed by atoms with Crippen LogP contribution in [0.5, 0.6) is 0 Å². The zero-order valence-electron chi connectivity index (χ0n) is 11.5. The predicted molar refractivity (Wildman–Crippen MR) is 76.5 cm³/mol. The Hall–Kier alpha value is -2.63. The number of methoxy groups -OCH3 is 1. The molecule has 0 aliphatic carbocycles. The van der Waals surface area contributed by atoms with Crippen molar-refractivity contribution in [2.45, 2.75) is 6.92 Å². The van der Waals surface area contributed by atoms with Gasteiger partial charge in [-0.1, -0.05) is 0 Å². The number of carbonyl (C=O) groups excluding carboxylic acids is 1. The lowest BCUT2D eigenvalue weighted by Crippen LogP contribution is -2.05. The van der Waals surface area contributed by atoms with Crippen molar-refractivity contribution in [3.8, 4) is 0 Å². The number of carbonyl (C=O) groups is 1. The maximum atomic E-state index is 11.8. The average molecular weight is 270 g/mol. The minimum Gasteiger partial charge on any atom is -0.465 e. The van der Waals surface area contributed by atoms with Crippen LogP contribution in [0.1, 0.15) is 15.9 Å². The predicted octanol–water partition coefficient (Wildman–Crippen LogP) is 1.80. The van der Waals surface area contributed by atoms with Gasteiger partial charge in [-0.3, -0.25) is 4.68 Å². The number of nitrogen functional groups attached to an aromatic ring is 1. The first kappa shape index (κ1) is 12.4. The molecule has 0 atom stereocenters. The number of ether oxygens (including phenoxy) is 1. The zero-order chi connectivity index (χ0) is 14.4. The summed E-state index contributed by atoms with van der Waals surface area (Å²) in [6.45, 7) is 1.84. The first-order valence-corrected chi connectivity index (χ1v) is 6.12. The summed E-state index contributed by atoms with van der Waals surface area (Å²) in [5.74, 6) is 0.0716. The number of aryl methyl sites for hydroxylation is 2. The summed E-state index contributed by atoms with van der Waals surface area (Å²) < 4.78 is 6.54. The lowest BCUT2D eigenvalue weighted by atomic mass is 10.0. The van der Waals surface area contributed by atoms with Gasteiger partial charge >= 0.3 is 5.97 Å². The molecular weight excluding hydrogens is 256 g/mol. The molecular formula is C14H14N4O2. The van der Waals surface area contributed by atoms with Crippen LogP contribution < -0.4 is 5.73 Å². The molecule has 0 aliphatic heterocycles. The van der Waals surface area contributed by atoms with E-state index >= 15 is 0 Å². The Balaban J connectivity index is 2.48. The molecule has 3 aromatic rings. The van der Waals surface area contributed by atoms with E-state index in [1.165, 1.54) is 7.11 Å². The van der Waals surface area contributed by atoms with Crippen molar-refractivity contribution < 1.29 is 9.53 Å². The Kier molecular flexibility index (Phi) is 2.60. The summed E-state index contributed by atoms with van der Waals surface area (Å²) in [6, 6.07) is 3.62. The van der Waals surface area contributed by atoms with E-state index in [1.54, 1.807) is 16.9 Å². The second-order valence-corrected chi connectivity index (χ2v) is 4.70. The fraction of sp³-hybridized carbons (Fsp3) is 0.214. The van der Waals surface area contributed by atoms with Crippen LogP contribution in [0.4, 0.5) is 5.82 Å². The van der Waals surface area contributed by atoms with E-state index < -0.39 is 0 Å². The third kappa shape index (κ3) is 1.61. The van der Waals surface area contributed by atoms with Crippen LogP contribution in [0.15, 0.2) is 18.3 Å². The van der Waals surface area contributed by atoms with E-state index in [0.717, 1.165) is 27.4 Å². The molecule has 0 amide bonds. The molecule has 2 heterocycles. The summed E-state index contributed by atoms with van der Waals surface area (Å²) in [6.07, 6.45) is 1.68. The van der Waals surface area contributed by atoms with Crippen molar-refractivity contribution in [2.24, 2.45) is 7.05 Å². The molecule has 2 N–H and O–H groups in total. The van der Waals surface area contributed by atoms with Gasteiger partial charge in [-0.2, -0.15) is 5.10 Å². The minimum atomic E-state index is -0.364. The van der Waals surface area contributed by atoms with Gasteiger partial charge in [-0.25, -0.2) is 9.78 Å². The summed E-state index contributed by atoms with van der Waals surface area (Å²) in [7, 11) is 3.20. The molecule has 0 aliphatic rings. The highest BCUT2D eigenvalue weighted by Gasteiger charge is 2.15. The number of hydrogen-bond donors (Lipinski definition) is 1. The fourth-order valence-corrected chi connectivity index (χ4v) is 2.44. The standard InChI is InChI=1S/C14H14N4O2/c1-7-4-11-9(5-8(7)14(19)20-3)12-10(13(15)17-11)6-16-18(12)2/h4-6H,1-3H3,(H2,15,17). The monoisotopic (exact) mass is 270 g/mol. The van der Waals surface area contributed by atoms with Crippen molar-refractivity contribution in [3.05, 3.63) is 29.5 Å². The van der Waals surface area contributed by atoms with Gasteiger partial charge in [-0.05, 0) is 24.6 Å². The Bertz CT molecular complexity index is 851. The van der Waals surface area contributed by atoms with Crippen LogP contribution >= 0.6 is 0 Å². The highest BCUT2D eigenvalue weighted by Crippen LogP contribution is 2.29. The molecule has 0 bridgehead atoms. The summed E-state index contributed by atoms with van der Waals surface area (Å²) >= 11 is 0. The van der Waals surface area contributed by atoms with Crippen molar-refractivity contribution in [2.75, 3.05) is 12.8 Å². The molecule has 0 saturated carbocycles. The molecule has 102 valence electrons. The van der Waals surface area contributed by atoms with Crippen LogP contribution in [0.25, 0.3) is 21.8 Å². The lowest BCUT2D eigenvalue weighted by Gasteiger charge is -2.08. The highest BCUT2D eigenvalue weighted by molar-refractivity contribution is 6.10. The SMILES string of the molecule is COC(=O)c1cc2c(cc1C)nc(N)c1cnn(C)c12. The first-order chi connectivity index (χ1) is 9.52. The quantitative estimate of drug-likeness (QED) is 0.682. The second-order valence-electron chi connectivity index (χ2n) is 4.70. The normalized spacial score (nSPS) is 11.2. The minimum absolute atomic E-state index is 0.364. The van der Waals surface area contributed by atoms with Gasteiger partial charge in [0.1, 0.15) is 5.82 Å². The first-order valence-electron chi connectivity index (χ1n) is 6.12. The largest absolute Gasteiger partial charge is 0.465 e. The number of aromatic nitrogens is 3. The number of nitrogens with two attached hydrogens (primary N) is 1. The summed E-state index contributed by atoms with van der Waals surface area (Å²) in [5, 5.41) is 5.82. The van der Waals surface area contributed by atoms with Gasteiger partial charge < -0.3 is 10.5 Å². The van der Waals surface area contributed by atoms with Crippen molar-refractivity contribution >= 4 is 33.6 Å². The van der Waals surface area contributed by atoms with Crippen LogP contribution in [-0.2, 0) is 11.8 Å². The molecule has 20 heavy (non-hydrogen) atoms. The van der Waals surface area contributed by atoms with E-state index in [1.807, 2.05) is 20.0 Å². The Morgan fingerprint density at radius 2 is 2.10 bits per heavy atom. The number of fused-ring (bicyclic) bond motifs is 3. The maximum Gasteiger partial charge on any atom is 0.338 e. The lowest BCUT2D eigenvalue weighted by molar-refractivity contribution is 0.0600. The number of pyridine rings is 1. The molecule has 6 heteroatoms. The molecule has 0 unspecified atom stereocenters. The Morgan fingerprint density at radius 1 is 1.35 bits per heavy atom. The fourth-order valence-electron chi connectivity index (χ4n) is 2.44. The van der Waals surface area contributed by atoms with Crippen molar-refractivity contribution in [1.82, 2.24) is 14.8 Å². The summed E-state index contributed by atoms with van der Waals surface area (Å²) in [4.78, 5) is 16.2. The smallest absolute Gasteiger partial charge is 0.338 e. The topological polar surface area (TPSA) is 83.0 Å². The summed E-state index contributed by atoms with van der Waals surface area (Å²) in [5.41, 5.74) is 8.88. The Labute approximate surface area is 115 Å². The van der Waals surface area contributed by atoms with Crippen LogP contribution in [0.3, 0.4) is 0 Å².